The Labute approximate surface area is 144 Å². The van der Waals surface area contributed by atoms with E-state index in [9.17, 15) is 9.59 Å². The lowest BCUT2D eigenvalue weighted by molar-refractivity contribution is -0.126. The van der Waals surface area contributed by atoms with Crippen LogP contribution in [0.5, 0.6) is 0 Å². The number of hydrogen-bond donors (Lipinski definition) is 2. The van der Waals surface area contributed by atoms with Crippen LogP contribution < -0.4 is 10.2 Å². The number of nitrogens with zero attached hydrogens (tertiary/aromatic N) is 3. The zero-order valence-electron chi connectivity index (χ0n) is 13.5. The van der Waals surface area contributed by atoms with Crippen molar-refractivity contribution in [1.82, 2.24) is 20.5 Å². The maximum absolute atomic E-state index is 12.4. The topological polar surface area (TPSA) is 91.0 Å². The average Bonchev–Trinajstić information content (AvgIpc) is 3.24. The first-order chi connectivity index (χ1) is 12.2. The molecule has 1 aromatic carbocycles. The van der Waals surface area contributed by atoms with Crippen LogP contribution in [-0.4, -0.2) is 33.5 Å². The molecule has 1 fully saturated rings. The van der Waals surface area contributed by atoms with Crippen LogP contribution in [0.2, 0.25) is 0 Å². The fourth-order valence-electron chi connectivity index (χ4n) is 3.08. The summed E-state index contributed by atoms with van der Waals surface area (Å²) in [6, 6.07) is 11.3. The molecule has 1 atom stereocenters. The fourth-order valence-corrected chi connectivity index (χ4v) is 3.08. The first kappa shape index (κ1) is 15.3. The van der Waals surface area contributed by atoms with Crippen molar-refractivity contribution in [3.63, 3.8) is 0 Å². The number of para-hydroxylation sites is 1. The molecular formula is C18H17N5O2. The van der Waals surface area contributed by atoms with Crippen molar-refractivity contribution in [2.75, 3.05) is 11.4 Å². The lowest BCUT2D eigenvalue weighted by atomic mass is 10.1. The Morgan fingerprint density at radius 2 is 2.04 bits per heavy atom. The molecule has 7 nitrogen and oxygen atoms in total. The molecule has 1 aliphatic heterocycles. The molecule has 4 rings (SSSR count). The number of hydrogen-bond acceptors (Lipinski definition) is 4. The highest BCUT2D eigenvalue weighted by atomic mass is 16.2. The van der Waals surface area contributed by atoms with Crippen LogP contribution in [-0.2, 0) is 16.1 Å². The van der Waals surface area contributed by atoms with E-state index >= 15 is 0 Å². The molecule has 25 heavy (non-hydrogen) atoms. The predicted octanol–water partition coefficient (Wildman–Crippen LogP) is 1.63. The average molecular weight is 335 g/mol. The van der Waals surface area contributed by atoms with Crippen LogP contribution in [0, 0.1) is 5.92 Å². The van der Waals surface area contributed by atoms with E-state index in [1.165, 1.54) is 0 Å². The summed E-state index contributed by atoms with van der Waals surface area (Å²) in [4.78, 5) is 30.3. The number of amides is 2. The van der Waals surface area contributed by atoms with E-state index in [0.29, 0.717) is 18.9 Å². The van der Waals surface area contributed by atoms with Gasteiger partial charge in [-0.15, -0.1) is 0 Å². The number of fused-ring (bicyclic) bond motifs is 1. The van der Waals surface area contributed by atoms with Gasteiger partial charge in [0.15, 0.2) is 5.82 Å². The Bertz CT molecular complexity index is 921. The van der Waals surface area contributed by atoms with Gasteiger partial charge in [0.05, 0.1) is 11.4 Å². The van der Waals surface area contributed by atoms with E-state index in [4.69, 9.17) is 0 Å². The summed E-state index contributed by atoms with van der Waals surface area (Å²) in [5.41, 5.74) is 1.85. The molecule has 2 amide bonds. The van der Waals surface area contributed by atoms with Crippen molar-refractivity contribution < 1.29 is 9.59 Å². The monoisotopic (exact) mass is 335 g/mol. The summed E-state index contributed by atoms with van der Waals surface area (Å²) in [5.74, 6) is 0.0173. The van der Waals surface area contributed by atoms with Gasteiger partial charge in [-0.2, -0.15) is 5.10 Å². The molecule has 0 unspecified atom stereocenters. The first-order valence-corrected chi connectivity index (χ1v) is 8.12. The highest BCUT2D eigenvalue weighted by Gasteiger charge is 2.36. The van der Waals surface area contributed by atoms with Crippen molar-refractivity contribution in [1.29, 1.82) is 0 Å². The molecular weight excluding hydrogens is 318 g/mol. The normalized spacial score (nSPS) is 17.2. The molecule has 2 aromatic heterocycles. The Balaban J connectivity index is 1.46. The summed E-state index contributed by atoms with van der Waals surface area (Å²) in [5, 5.41) is 11.0. The van der Waals surface area contributed by atoms with Crippen molar-refractivity contribution in [3.05, 3.63) is 54.4 Å². The minimum atomic E-state index is -0.371. The largest absolute Gasteiger partial charge is 0.352 e. The summed E-state index contributed by atoms with van der Waals surface area (Å²) >= 11 is 0. The van der Waals surface area contributed by atoms with E-state index in [1.807, 2.05) is 36.4 Å². The number of carbonyl (C=O) groups excluding carboxylic acids is 2. The lowest BCUT2D eigenvalue weighted by Gasteiger charge is -2.14. The fraction of sp³-hybridized carbons (Fsp3) is 0.222. The molecule has 0 spiro atoms. The maximum atomic E-state index is 12.4. The van der Waals surface area contributed by atoms with E-state index in [1.54, 1.807) is 17.3 Å². The molecule has 126 valence electrons. The van der Waals surface area contributed by atoms with Crippen LogP contribution in [0.25, 0.3) is 10.9 Å². The summed E-state index contributed by atoms with van der Waals surface area (Å²) in [7, 11) is 0. The quantitative estimate of drug-likeness (QED) is 0.758. The van der Waals surface area contributed by atoms with Crippen LogP contribution >= 0.6 is 0 Å². The van der Waals surface area contributed by atoms with Gasteiger partial charge in [-0.25, -0.2) is 0 Å². The van der Waals surface area contributed by atoms with Crippen molar-refractivity contribution in [3.8, 4) is 0 Å². The maximum Gasteiger partial charge on any atom is 0.229 e. The number of benzene rings is 1. The zero-order valence-corrected chi connectivity index (χ0v) is 13.5. The molecule has 1 aliphatic rings. The molecule has 0 radical (unpaired) electrons. The number of H-pyrrole nitrogens is 1. The number of rotatable bonds is 4. The number of pyridine rings is 1. The minimum absolute atomic E-state index is 0.0821. The van der Waals surface area contributed by atoms with Gasteiger partial charge >= 0.3 is 0 Å². The molecule has 2 N–H and O–H groups in total. The standard InChI is InChI=1S/C18H17N5O2/c24-16-9-13(18(25)20-10-12-5-7-19-8-6-12)11-23(16)17-14-3-1-2-4-15(14)21-22-17/h1-8,13H,9-11H2,(H,20,25)(H,21,22)/t13-/m0/s1. The lowest BCUT2D eigenvalue weighted by Crippen LogP contribution is -2.32. The number of anilines is 1. The van der Waals surface area contributed by atoms with Gasteiger partial charge in [0.1, 0.15) is 0 Å². The third-order valence-corrected chi connectivity index (χ3v) is 4.42. The Morgan fingerprint density at radius 1 is 1.24 bits per heavy atom. The van der Waals surface area contributed by atoms with Gasteiger partial charge in [0.2, 0.25) is 11.8 Å². The Morgan fingerprint density at radius 3 is 2.88 bits per heavy atom. The molecule has 0 bridgehead atoms. The van der Waals surface area contributed by atoms with E-state index < -0.39 is 0 Å². The van der Waals surface area contributed by atoms with E-state index in [0.717, 1.165) is 16.5 Å². The molecule has 0 saturated carbocycles. The van der Waals surface area contributed by atoms with Crippen LogP contribution in [0.4, 0.5) is 5.82 Å². The van der Waals surface area contributed by atoms with Crippen LogP contribution in [0.15, 0.2) is 48.8 Å². The first-order valence-electron chi connectivity index (χ1n) is 8.12. The molecule has 3 heterocycles. The van der Waals surface area contributed by atoms with Gasteiger partial charge in [0, 0.05) is 37.3 Å². The van der Waals surface area contributed by atoms with Crippen LogP contribution in [0.1, 0.15) is 12.0 Å². The van der Waals surface area contributed by atoms with Crippen LogP contribution in [0.3, 0.4) is 0 Å². The SMILES string of the molecule is O=C(NCc1ccncc1)[C@H]1CC(=O)N(c2n[nH]c3ccccc23)C1. The minimum Gasteiger partial charge on any atom is -0.352 e. The zero-order chi connectivity index (χ0) is 17.2. The predicted molar refractivity (Wildman–Crippen MR) is 92.6 cm³/mol. The second-order valence-electron chi connectivity index (χ2n) is 6.07. The summed E-state index contributed by atoms with van der Waals surface area (Å²) in [6.07, 6.45) is 3.57. The third-order valence-electron chi connectivity index (χ3n) is 4.42. The second kappa shape index (κ2) is 6.35. The molecule has 1 saturated heterocycles. The van der Waals surface area contributed by atoms with E-state index in [2.05, 4.69) is 20.5 Å². The second-order valence-corrected chi connectivity index (χ2v) is 6.07. The molecule has 7 heteroatoms. The Hall–Kier alpha value is -3.22. The third kappa shape index (κ3) is 2.96. The van der Waals surface area contributed by atoms with Gasteiger partial charge in [0.25, 0.3) is 0 Å². The number of aromatic nitrogens is 3. The number of aromatic amines is 1. The molecule has 3 aromatic rings. The highest BCUT2D eigenvalue weighted by Crippen LogP contribution is 2.29. The Kier molecular flexibility index (Phi) is 3.89. The van der Waals surface area contributed by atoms with Crippen molar-refractivity contribution >= 4 is 28.5 Å². The highest BCUT2D eigenvalue weighted by molar-refractivity contribution is 6.05. The van der Waals surface area contributed by atoms with Gasteiger partial charge in [-0.1, -0.05) is 12.1 Å². The van der Waals surface area contributed by atoms with Crippen molar-refractivity contribution in [2.45, 2.75) is 13.0 Å². The molecule has 0 aliphatic carbocycles. The number of nitrogens with one attached hydrogen (secondary N) is 2. The van der Waals surface area contributed by atoms with Gasteiger partial charge in [-0.05, 0) is 29.8 Å². The summed E-state index contributed by atoms with van der Waals surface area (Å²) in [6.45, 7) is 0.771. The smallest absolute Gasteiger partial charge is 0.229 e. The number of carbonyl (C=O) groups is 2. The van der Waals surface area contributed by atoms with Gasteiger partial charge in [-0.3, -0.25) is 24.6 Å². The van der Waals surface area contributed by atoms with Crippen molar-refractivity contribution in [2.24, 2.45) is 5.92 Å². The summed E-state index contributed by atoms with van der Waals surface area (Å²) < 4.78 is 0. The van der Waals surface area contributed by atoms with E-state index in [-0.39, 0.29) is 24.2 Å². The van der Waals surface area contributed by atoms with Gasteiger partial charge < -0.3 is 5.32 Å².